The van der Waals surface area contributed by atoms with Gasteiger partial charge in [0, 0.05) is 37.6 Å². The van der Waals surface area contributed by atoms with Crippen molar-refractivity contribution in [1.29, 1.82) is 0 Å². The summed E-state index contributed by atoms with van der Waals surface area (Å²) in [7, 11) is 1.61. The second-order valence-electron chi connectivity index (χ2n) is 6.27. The Morgan fingerprint density at radius 2 is 1.81 bits per heavy atom. The highest BCUT2D eigenvalue weighted by Gasteiger charge is 2.21. The number of hydrogen-bond acceptors (Lipinski definition) is 3. The number of piperazine rings is 1. The van der Waals surface area contributed by atoms with Crippen LogP contribution in [0.4, 0.5) is 16.2 Å². The lowest BCUT2D eigenvalue weighted by Gasteiger charge is -2.36. The molecule has 1 heterocycles. The summed E-state index contributed by atoms with van der Waals surface area (Å²) >= 11 is 6.21. The molecule has 5 nitrogen and oxygen atoms in total. The quantitative estimate of drug-likeness (QED) is 0.870. The van der Waals surface area contributed by atoms with Gasteiger partial charge in [0.1, 0.15) is 5.75 Å². The Morgan fingerprint density at radius 3 is 2.38 bits per heavy atom. The zero-order chi connectivity index (χ0) is 18.5. The molecule has 2 aromatic rings. The van der Waals surface area contributed by atoms with Crippen molar-refractivity contribution in [2.24, 2.45) is 0 Å². The van der Waals surface area contributed by atoms with Gasteiger partial charge in [0.05, 0.1) is 12.1 Å². The summed E-state index contributed by atoms with van der Waals surface area (Å²) in [6.07, 6.45) is 0.992. The highest BCUT2D eigenvalue weighted by molar-refractivity contribution is 6.32. The van der Waals surface area contributed by atoms with E-state index in [1.54, 1.807) is 7.11 Å². The van der Waals surface area contributed by atoms with Crippen LogP contribution in [0.15, 0.2) is 42.5 Å². The molecule has 1 saturated heterocycles. The first-order chi connectivity index (χ1) is 12.6. The van der Waals surface area contributed by atoms with E-state index in [2.05, 4.69) is 17.1 Å². The van der Waals surface area contributed by atoms with Gasteiger partial charge in [0.25, 0.3) is 0 Å². The number of methoxy groups -OCH3 is 1. The normalized spacial score (nSPS) is 14.3. The van der Waals surface area contributed by atoms with Crippen molar-refractivity contribution >= 4 is 29.0 Å². The maximum atomic E-state index is 12.5. The molecule has 1 fully saturated rings. The molecular weight excluding hydrogens is 350 g/mol. The molecule has 0 bridgehead atoms. The fraction of sp³-hybridized carbons (Fsp3) is 0.350. The van der Waals surface area contributed by atoms with E-state index in [0.717, 1.165) is 30.9 Å². The van der Waals surface area contributed by atoms with Crippen LogP contribution in [0.5, 0.6) is 5.75 Å². The monoisotopic (exact) mass is 373 g/mol. The molecule has 6 heteroatoms. The second kappa shape index (κ2) is 8.32. The van der Waals surface area contributed by atoms with Crippen LogP contribution in [-0.2, 0) is 6.42 Å². The molecule has 3 rings (SSSR count). The van der Waals surface area contributed by atoms with Gasteiger partial charge in [-0.1, -0.05) is 30.7 Å². The third-order valence-electron chi connectivity index (χ3n) is 4.68. The number of nitrogens with one attached hydrogen (secondary N) is 1. The van der Waals surface area contributed by atoms with Crippen LogP contribution in [-0.4, -0.2) is 44.2 Å². The number of carbonyl (C=O) groups excluding carboxylic acids is 1. The van der Waals surface area contributed by atoms with Gasteiger partial charge in [-0.05, 0) is 42.3 Å². The number of urea groups is 1. The highest BCUT2D eigenvalue weighted by Crippen LogP contribution is 2.29. The van der Waals surface area contributed by atoms with Gasteiger partial charge in [-0.25, -0.2) is 4.79 Å². The zero-order valence-electron chi connectivity index (χ0n) is 15.2. The summed E-state index contributed by atoms with van der Waals surface area (Å²) in [5.41, 5.74) is 3.14. The number of ether oxygens (including phenoxy) is 1. The van der Waals surface area contributed by atoms with Crippen LogP contribution in [0.3, 0.4) is 0 Å². The topological polar surface area (TPSA) is 44.8 Å². The van der Waals surface area contributed by atoms with E-state index in [9.17, 15) is 4.79 Å². The average Bonchev–Trinajstić information content (AvgIpc) is 2.68. The maximum Gasteiger partial charge on any atom is 0.321 e. The summed E-state index contributed by atoms with van der Waals surface area (Å²) < 4.78 is 5.20. The number of carbonyl (C=O) groups is 1. The number of nitrogens with zero attached hydrogens (tertiary/aromatic N) is 2. The van der Waals surface area contributed by atoms with E-state index in [-0.39, 0.29) is 6.03 Å². The molecule has 0 unspecified atom stereocenters. The second-order valence-corrected chi connectivity index (χ2v) is 6.68. The standard InChI is InChI=1S/C20H24ClN3O2/c1-3-15-4-6-16(7-5-15)22-20(25)24-12-10-23(11-13-24)17-8-9-19(26-2)18(21)14-17/h4-9,14H,3,10-13H2,1-2H3,(H,22,25). The molecule has 0 spiro atoms. The first-order valence-electron chi connectivity index (χ1n) is 8.84. The minimum absolute atomic E-state index is 0.0540. The molecule has 1 N–H and O–H groups in total. The largest absolute Gasteiger partial charge is 0.495 e. The summed E-state index contributed by atoms with van der Waals surface area (Å²) in [6, 6.07) is 13.7. The van der Waals surface area contributed by atoms with Crippen LogP contribution in [0.2, 0.25) is 5.02 Å². The molecule has 0 atom stereocenters. The number of rotatable bonds is 4. The molecule has 2 aromatic carbocycles. The predicted molar refractivity (Wildman–Crippen MR) is 107 cm³/mol. The van der Waals surface area contributed by atoms with Crippen LogP contribution in [0.25, 0.3) is 0 Å². The highest BCUT2D eigenvalue weighted by atomic mass is 35.5. The van der Waals surface area contributed by atoms with Crippen LogP contribution in [0.1, 0.15) is 12.5 Å². The molecule has 0 aliphatic carbocycles. The summed E-state index contributed by atoms with van der Waals surface area (Å²) in [4.78, 5) is 16.5. The van der Waals surface area contributed by atoms with E-state index in [0.29, 0.717) is 23.9 Å². The molecular formula is C20H24ClN3O2. The number of hydrogen-bond donors (Lipinski definition) is 1. The van der Waals surface area contributed by atoms with E-state index >= 15 is 0 Å². The number of halogens is 1. The average molecular weight is 374 g/mol. The van der Waals surface area contributed by atoms with Crippen molar-refractivity contribution in [3.63, 3.8) is 0 Å². The molecule has 138 valence electrons. The predicted octanol–water partition coefficient (Wildman–Crippen LogP) is 4.27. The Bertz CT molecular complexity index is 756. The van der Waals surface area contributed by atoms with Gasteiger partial charge < -0.3 is 19.9 Å². The number of aryl methyl sites for hydroxylation is 1. The van der Waals surface area contributed by atoms with E-state index < -0.39 is 0 Å². The number of amides is 2. The van der Waals surface area contributed by atoms with E-state index in [1.807, 2.05) is 47.4 Å². The molecule has 0 radical (unpaired) electrons. The summed E-state index contributed by atoms with van der Waals surface area (Å²) in [5.74, 6) is 0.669. The van der Waals surface area contributed by atoms with Crippen molar-refractivity contribution < 1.29 is 9.53 Å². The maximum absolute atomic E-state index is 12.5. The van der Waals surface area contributed by atoms with Crippen molar-refractivity contribution in [1.82, 2.24) is 4.90 Å². The van der Waals surface area contributed by atoms with Gasteiger partial charge >= 0.3 is 6.03 Å². The van der Waals surface area contributed by atoms with Crippen LogP contribution < -0.4 is 15.0 Å². The van der Waals surface area contributed by atoms with Gasteiger partial charge in [0.2, 0.25) is 0 Å². The minimum Gasteiger partial charge on any atom is -0.495 e. The lowest BCUT2D eigenvalue weighted by atomic mass is 10.1. The molecule has 26 heavy (non-hydrogen) atoms. The van der Waals surface area contributed by atoms with Crippen LogP contribution >= 0.6 is 11.6 Å². The SMILES string of the molecule is CCc1ccc(NC(=O)N2CCN(c3ccc(OC)c(Cl)c3)CC2)cc1. The molecule has 1 aliphatic heterocycles. The Hall–Kier alpha value is -2.40. The third-order valence-corrected chi connectivity index (χ3v) is 4.98. The Kier molecular flexibility index (Phi) is 5.89. The third kappa shape index (κ3) is 4.22. The molecule has 2 amide bonds. The van der Waals surface area contributed by atoms with Crippen molar-refractivity contribution in [3.8, 4) is 5.75 Å². The lowest BCUT2D eigenvalue weighted by Crippen LogP contribution is -2.50. The van der Waals surface area contributed by atoms with Crippen molar-refractivity contribution in [2.75, 3.05) is 43.5 Å². The Balaban J connectivity index is 1.55. The van der Waals surface area contributed by atoms with Gasteiger partial charge in [-0.3, -0.25) is 0 Å². The first-order valence-corrected chi connectivity index (χ1v) is 9.22. The number of benzene rings is 2. The Morgan fingerprint density at radius 1 is 1.12 bits per heavy atom. The fourth-order valence-electron chi connectivity index (χ4n) is 3.05. The van der Waals surface area contributed by atoms with E-state index in [1.165, 1.54) is 5.56 Å². The smallest absolute Gasteiger partial charge is 0.321 e. The van der Waals surface area contributed by atoms with Gasteiger partial charge in [-0.15, -0.1) is 0 Å². The molecule has 1 aliphatic rings. The summed E-state index contributed by atoms with van der Waals surface area (Å²) in [5, 5.41) is 3.57. The van der Waals surface area contributed by atoms with Gasteiger partial charge in [0.15, 0.2) is 0 Å². The van der Waals surface area contributed by atoms with E-state index in [4.69, 9.17) is 16.3 Å². The molecule has 0 saturated carbocycles. The summed E-state index contributed by atoms with van der Waals surface area (Å²) in [6.45, 7) is 4.99. The van der Waals surface area contributed by atoms with Gasteiger partial charge in [-0.2, -0.15) is 0 Å². The van der Waals surface area contributed by atoms with Crippen molar-refractivity contribution in [2.45, 2.75) is 13.3 Å². The fourth-order valence-corrected chi connectivity index (χ4v) is 3.30. The number of anilines is 2. The van der Waals surface area contributed by atoms with Crippen molar-refractivity contribution in [3.05, 3.63) is 53.1 Å². The lowest BCUT2D eigenvalue weighted by molar-refractivity contribution is 0.208. The molecule has 0 aromatic heterocycles. The zero-order valence-corrected chi connectivity index (χ0v) is 15.9. The van der Waals surface area contributed by atoms with Crippen LogP contribution in [0, 0.1) is 0 Å². The first kappa shape index (κ1) is 18.4. The Labute approximate surface area is 159 Å². The minimum atomic E-state index is -0.0540.